The lowest BCUT2D eigenvalue weighted by molar-refractivity contribution is -0.142. The van der Waals surface area contributed by atoms with Crippen LogP contribution in [0.25, 0.3) is 5.69 Å². The lowest BCUT2D eigenvalue weighted by Crippen LogP contribution is -2.28. The number of ether oxygens (including phenoxy) is 2. The molecule has 1 unspecified atom stereocenters. The molecule has 8 heteroatoms. The van der Waals surface area contributed by atoms with Gasteiger partial charge in [0.1, 0.15) is 17.1 Å². The van der Waals surface area contributed by atoms with Gasteiger partial charge in [0.2, 0.25) is 0 Å². The molecule has 0 radical (unpaired) electrons. The molecule has 0 fully saturated rings. The molecule has 2 aromatic carbocycles. The number of carbonyl (C=O) groups excluding carboxylic acids is 1. The van der Waals surface area contributed by atoms with Gasteiger partial charge in [-0.2, -0.15) is 0 Å². The largest absolute Gasteiger partial charge is 0.497 e. The molecule has 30 heavy (non-hydrogen) atoms. The summed E-state index contributed by atoms with van der Waals surface area (Å²) in [4.78, 5) is 17.3. The topological polar surface area (TPSA) is 78.6 Å². The van der Waals surface area contributed by atoms with Crippen molar-refractivity contribution in [1.82, 2.24) is 14.8 Å². The third-order valence-electron chi connectivity index (χ3n) is 5.20. The Bertz CT molecular complexity index is 1150. The Balaban J connectivity index is 2.06. The number of nitrogens with zero attached hydrogens (tertiary/aromatic N) is 4. The predicted molar refractivity (Wildman–Crippen MR) is 114 cm³/mol. The lowest BCUT2D eigenvalue weighted by atomic mass is 9.96. The first-order valence-corrected chi connectivity index (χ1v) is 9.78. The highest BCUT2D eigenvalue weighted by Crippen LogP contribution is 2.38. The lowest BCUT2D eigenvalue weighted by Gasteiger charge is -2.23. The number of esters is 1. The standard InChI is InChI=1S/C22H21ClN4O3/c1-13-25-26-21-22(2,12-19(28)30-4)24-20(14-5-7-15(23)8-6-14)17-11-16(29-3)9-10-18(17)27(13)21/h5-11H,12H2,1-4H3. The van der Waals surface area contributed by atoms with E-state index in [4.69, 9.17) is 26.1 Å². The highest BCUT2D eigenvalue weighted by molar-refractivity contribution is 6.30. The number of fused-ring (bicyclic) bond motifs is 3. The fourth-order valence-electron chi connectivity index (χ4n) is 3.68. The maximum Gasteiger partial charge on any atom is 0.308 e. The Morgan fingerprint density at radius 1 is 1.13 bits per heavy atom. The van der Waals surface area contributed by atoms with Crippen LogP contribution in [-0.2, 0) is 15.1 Å². The Morgan fingerprint density at radius 2 is 1.87 bits per heavy atom. The molecule has 4 rings (SSSR count). The number of aliphatic imine (C=N–C) groups is 1. The van der Waals surface area contributed by atoms with E-state index < -0.39 is 5.54 Å². The number of halogens is 1. The van der Waals surface area contributed by atoms with Crippen molar-refractivity contribution in [2.75, 3.05) is 14.2 Å². The second kappa shape index (κ2) is 7.57. The third-order valence-corrected chi connectivity index (χ3v) is 5.45. The first-order chi connectivity index (χ1) is 14.4. The van der Waals surface area contributed by atoms with Gasteiger partial charge in [-0.3, -0.25) is 14.4 Å². The molecule has 7 nitrogen and oxygen atoms in total. The van der Waals surface area contributed by atoms with Crippen LogP contribution in [0.1, 0.15) is 36.1 Å². The van der Waals surface area contributed by atoms with Crippen LogP contribution in [-0.4, -0.2) is 40.7 Å². The summed E-state index contributed by atoms with van der Waals surface area (Å²) < 4.78 is 12.3. The maximum absolute atomic E-state index is 12.3. The van der Waals surface area contributed by atoms with Crippen LogP contribution in [0.4, 0.5) is 0 Å². The van der Waals surface area contributed by atoms with Crippen LogP contribution >= 0.6 is 11.6 Å². The molecule has 3 aromatic rings. The Kier molecular flexibility index (Phi) is 5.07. The maximum atomic E-state index is 12.3. The Hall–Kier alpha value is -3.19. The van der Waals surface area contributed by atoms with Crippen LogP contribution in [0.3, 0.4) is 0 Å². The molecule has 0 N–H and O–H groups in total. The summed E-state index contributed by atoms with van der Waals surface area (Å²) in [6.07, 6.45) is 0.0177. The summed E-state index contributed by atoms with van der Waals surface area (Å²) in [6, 6.07) is 13.2. The Labute approximate surface area is 179 Å². The molecule has 0 saturated heterocycles. The molecule has 1 atom stereocenters. The average molecular weight is 425 g/mol. The van der Waals surface area contributed by atoms with Crippen molar-refractivity contribution in [3.05, 3.63) is 70.3 Å². The summed E-state index contributed by atoms with van der Waals surface area (Å²) >= 11 is 6.11. The van der Waals surface area contributed by atoms with Gasteiger partial charge in [-0.25, -0.2) is 0 Å². The summed E-state index contributed by atoms with van der Waals surface area (Å²) in [5, 5.41) is 9.28. The van der Waals surface area contributed by atoms with Crippen LogP contribution in [0.2, 0.25) is 5.02 Å². The zero-order chi connectivity index (χ0) is 21.5. The highest BCUT2D eigenvalue weighted by Gasteiger charge is 2.39. The van der Waals surface area contributed by atoms with Crippen LogP contribution < -0.4 is 4.74 Å². The molecule has 2 heterocycles. The minimum absolute atomic E-state index is 0.0177. The van der Waals surface area contributed by atoms with Gasteiger partial charge in [0, 0.05) is 16.1 Å². The van der Waals surface area contributed by atoms with Gasteiger partial charge in [-0.15, -0.1) is 10.2 Å². The molecule has 0 aliphatic carbocycles. The van der Waals surface area contributed by atoms with Crippen molar-refractivity contribution in [2.45, 2.75) is 25.8 Å². The third kappa shape index (κ3) is 3.35. The molecular weight excluding hydrogens is 404 g/mol. The quantitative estimate of drug-likeness (QED) is 0.594. The fraction of sp³-hybridized carbons (Fsp3) is 0.273. The van der Waals surface area contributed by atoms with Crippen molar-refractivity contribution in [2.24, 2.45) is 4.99 Å². The summed E-state index contributed by atoms with van der Waals surface area (Å²) in [5.41, 5.74) is 2.28. The second-order valence-corrected chi connectivity index (χ2v) is 7.72. The minimum atomic E-state index is -0.990. The van der Waals surface area contributed by atoms with Crippen molar-refractivity contribution in [3.8, 4) is 11.4 Å². The molecule has 0 spiro atoms. The summed E-state index contributed by atoms with van der Waals surface area (Å²) in [5.74, 6) is 1.58. The van der Waals surface area contributed by atoms with Crippen molar-refractivity contribution in [1.29, 1.82) is 0 Å². The normalized spacial score (nSPS) is 17.4. The molecular formula is C22H21ClN4O3. The van der Waals surface area contributed by atoms with Gasteiger partial charge >= 0.3 is 5.97 Å². The number of benzene rings is 2. The molecule has 1 aliphatic heterocycles. The molecule has 0 bridgehead atoms. The minimum Gasteiger partial charge on any atom is -0.497 e. The van der Waals surface area contributed by atoms with Crippen molar-refractivity contribution in [3.63, 3.8) is 0 Å². The van der Waals surface area contributed by atoms with E-state index in [0.29, 0.717) is 28.1 Å². The number of hydrogen-bond donors (Lipinski definition) is 0. The average Bonchev–Trinajstić information content (AvgIpc) is 3.09. The van der Waals surface area contributed by atoms with E-state index in [2.05, 4.69) is 10.2 Å². The summed E-state index contributed by atoms with van der Waals surface area (Å²) in [7, 11) is 2.98. The fourth-order valence-corrected chi connectivity index (χ4v) is 3.81. The van der Waals surface area contributed by atoms with E-state index in [1.807, 2.05) is 60.9 Å². The zero-order valence-electron chi connectivity index (χ0n) is 17.1. The van der Waals surface area contributed by atoms with Crippen LogP contribution in [0.15, 0.2) is 47.5 Å². The number of aryl methyl sites for hydroxylation is 1. The number of aromatic nitrogens is 3. The van der Waals surface area contributed by atoms with Crippen LogP contribution in [0, 0.1) is 6.92 Å². The molecule has 0 saturated carbocycles. The van der Waals surface area contributed by atoms with E-state index in [1.165, 1.54) is 7.11 Å². The monoisotopic (exact) mass is 424 g/mol. The van der Waals surface area contributed by atoms with Gasteiger partial charge < -0.3 is 9.47 Å². The van der Waals surface area contributed by atoms with E-state index in [1.54, 1.807) is 7.11 Å². The predicted octanol–water partition coefficient (Wildman–Crippen LogP) is 3.87. The Morgan fingerprint density at radius 3 is 2.53 bits per heavy atom. The molecule has 1 aliphatic rings. The van der Waals surface area contributed by atoms with E-state index in [0.717, 1.165) is 16.8 Å². The smallest absolute Gasteiger partial charge is 0.308 e. The molecule has 154 valence electrons. The summed E-state index contributed by atoms with van der Waals surface area (Å²) in [6.45, 7) is 3.74. The zero-order valence-corrected chi connectivity index (χ0v) is 17.9. The number of hydrogen-bond acceptors (Lipinski definition) is 6. The number of rotatable bonds is 4. The van der Waals surface area contributed by atoms with Gasteiger partial charge in [0.15, 0.2) is 5.82 Å². The van der Waals surface area contributed by atoms with E-state index in [-0.39, 0.29) is 12.4 Å². The van der Waals surface area contributed by atoms with Gasteiger partial charge in [0.25, 0.3) is 0 Å². The first-order valence-electron chi connectivity index (χ1n) is 9.40. The number of methoxy groups -OCH3 is 2. The van der Waals surface area contributed by atoms with Crippen molar-refractivity contribution < 1.29 is 14.3 Å². The first kappa shape index (κ1) is 20.1. The second-order valence-electron chi connectivity index (χ2n) is 7.28. The van der Waals surface area contributed by atoms with E-state index >= 15 is 0 Å². The van der Waals surface area contributed by atoms with Gasteiger partial charge in [0.05, 0.1) is 32.0 Å². The van der Waals surface area contributed by atoms with Crippen LogP contribution in [0.5, 0.6) is 5.75 Å². The highest BCUT2D eigenvalue weighted by atomic mass is 35.5. The van der Waals surface area contributed by atoms with E-state index in [9.17, 15) is 4.79 Å². The molecule has 1 aromatic heterocycles. The SMILES string of the molecule is COC(=O)CC1(C)N=C(c2ccc(Cl)cc2)c2cc(OC)ccc2-n2c(C)nnc21. The van der Waals surface area contributed by atoms with Gasteiger partial charge in [-0.05, 0) is 44.2 Å². The van der Waals surface area contributed by atoms with Gasteiger partial charge in [-0.1, -0.05) is 23.7 Å². The number of carbonyl (C=O) groups is 1. The van der Waals surface area contributed by atoms with Crippen molar-refractivity contribution >= 4 is 23.3 Å². The molecule has 0 amide bonds.